The van der Waals surface area contributed by atoms with Crippen molar-refractivity contribution in [1.29, 1.82) is 0 Å². The number of amides is 2. The number of halogens is 1. The van der Waals surface area contributed by atoms with Gasteiger partial charge in [-0.25, -0.2) is 9.18 Å². The van der Waals surface area contributed by atoms with Gasteiger partial charge < -0.3 is 16.0 Å². The Morgan fingerprint density at radius 1 is 1.59 bits per heavy atom. The molecule has 0 aliphatic carbocycles. The second-order valence-electron chi connectivity index (χ2n) is 4.46. The molecule has 1 aliphatic heterocycles. The molecule has 1 aliphatic rings. The fraction of sp³-hybridized carbons (Fsp3) is 0.417. The first-order valence-corrected chi connectivity index (χ1v) is 5.61. The largest absolute Gasteiger partial charge is 0.396 e. The van der Waals surface area contributed by atoms with Crippen LogP contribution in [0.1, 0.15) is 25.5 Å². The quantitative estimate of drug-likeness (QED) is 0.772. The van der Waals surface area contributed by atoms with Crippen molar-refractivity contribution < 1.29 is 9.18 Å². The van der Waals surface area contributed by atoms with Crippen molar-refractivity contribution in [3.05, 3.63) is 29.6 Å². The molecule has 1 saturated heterocycles. The lowest BCUT2D eigenvalue weighted by Gasteiger charge is -2.23. The Hall–Kier alpha value is -1.78. The summed E-state index contributed by atoms with van der Waals surface area (Å²) in [5, 5.41) is 2.81. The molecule has 4 nitrogen and oxygen atoms in total. The van der Waals surface area contributed by atoms with E-state index in [4.69, 9.17) is 5.73 Å². The van der Waals surface area contributed by atoms with Crippen molar-refractivity contribution in [3.8, 4) is 0 Å². The zero-order valence-corrected chi connectivity index (χ0v) is 9.90. The predicted octanol–water partition coefficient (Wildman–Crippen LogP) is 1.88. The number of urea groups is 1. The van der Waals surface area contributed by atoms with Crippen LogP contribution in [0, 0.1) is 5.82 Å². The average Bonchev–Trinajstić information content (AvgIpc) is 2.61. The van der Waals surface area contributed by atoms with Gasteiger partial charge in [-0.3, -0.25) is 0 Å². The third-order valence-corrected chi connectivity index (χ3v) is 3.08. The summed E-state index contributed by atoms with van der Waals surface area (Å²) in [6.45, 7) is 4.45. The van der Waals surface area contributed by atoms with Gasteiger partial charge in [0.1, 0.15) is 5.82 Å². The summed E-state index contributed by atoms with van der Waals surface area (Å²) in [4.78, 5) is 13.3. The molecule has 0 spiro atoms. The van der Waals surface area contributed by atoms with Gasteiger partial charge in [-0.2, -0.15) is 0 Å². The van der Waals surface area contributed by atoms with Crippen LogP contribution in [-0.4, -0.2) is 23.5 Å². The Balaban J connectivity index is 2.22. The molecule has 5 heteroatoms. The van der Waals surface area contributed by atoms with E-state index in [-0.39, 0.29) is 23.8 Å². The number of carbonyl (C=O) groups is 1. The first-order chi connectivity index (χ1) is 7.99. The number of nitrogens with two attached hydrogens (primary N) is 1. The molecule has 0 radical (unpaired) electrons. The molecular formula is C12H16FN3O. The van der Waals surface area contributed by atoms with Crippen LogP contribution in [0.3, 0.4) is 0 Å². The summed E-state index contributed by atoms with van der Waals surface area (Å²) in [6.07, 6.45) is 0. The van der Waals surface area contributed by atoms with Crippen LogP contribution in [0.15, 0.2) is 18.2 Å². The van der Waals surface area contributed by atoms with Crippen LogP contribution in [-0.2, 0) is 0 Å². The zero-order valence-electron chi connectivity index (χ0n) is 9.90. The highest BCUT2D eigenvalue weighted by atomic mass is 19.1. The fourth-order valence-electron chi connectivity index (χ4n) is 2.03. The van der Waals surface area contributed by atoms with Crippen LogP contribution in [0.2, 0.25) is 0 Å². The predicted molar refractivity (Wildman–Crippen MR) is 63.9 cm³/mol. The lowest BCUT2D eigenvalue weighted by molar-refractivity contribution is 0.202. The van der Waals surface area contributed by atoms with Crippen LogP contribution < -0.4 is 11.1 Å². The van der Waals surface area contributed by atoms with E-state index in [1.807, 2.05) is 13.8 Å². The molecule has 0 bridgehead atoms. The third-order valence-electron chi connectivity index (χ3n) is 3.08. The minimum absolute atomic E-state index is 0.109. The Morgan fingerprint density at radius 2 is 2.29 bits per heavy atom. The standard InChI is InChI=1S/C12H16FN3O/c1-7-6-16(12(17)15-7)8(2)9-3-4-11(14)10(13)5-9/h3-5,7-8H,6,14H2,1-2H3,(H,15,17). The first kappa shape index (κ1) is 11.7. The third kappa shape index (κ3) is 2.18. The Kier molecular flexibility index (Phi) is 2.92. The van der Waals surface area contributed by atoms with Gasteiger partial charge in [-0.15, -0.1) is 0 Å². The molecule has 2 amide bonds. The summed E-state index contributed by atoms with van der Waals surface area (Å²) < 4.78 is 13.4. The molecule has 1 fully saturated rings. The topological polar surface area (TPSA) is 58.4 Å². The maximum Gasteiger partial charge on any atom is 0.318 e. The van der Waals surface area contributed by atoms with Crippen LogP contribution in [0.5, 0.6) is 0 Å². The number of rotatable bonds is 2. The van der Waals surface area contributed by atoms with Gasteiger partial charge in [0.2, 0.25) is 0 Å². The summed E-state index contributed by atoms with van der Waals surface area (Å²) in [7, 11) is 0. The molecule has 1 heterocycles. The molecule has 0 saturated carbocycles. The van der Waals surface area contributed by atoms with Gasteiger partial charge in [0, 0.05) is 12.6 Å². The van der Waals surface area contributed by atoms with E-state index in [9.17, 15) is 9.18 Å². The van der Waals surface area contributed by atoms with E-state index >= 15 is 0 Å². The van der Waals surface area contributed by atoms with Crippen LogP contribution in [0.25, 0.3) is 0 Å². The first-order valence-electron chi connectivity index (χ1n) is 5.61. The summed E-state index contributed by atoms with van der Waals surface area (Å²) in [6, 6.07) is 4.52. The number of nitrogens with zero attached hydrogens (tertiary/aromatic N) is 1. The van der Waals surface area contributed by atoms with E-state index in [0.717, 1.165) is 5.56 Å². The number of carbonyl (C=O) groups excluding carboxylic acids is 1. The van der Waals surface area contributed by atoms with Gasteiger partial charge in [-0.05, 0) is 31.5 Å². The molecule has 2 unspecified atom stereocenters. The van der Waals surface area contributed by atoms with E-state index in [0.29, 0.717) is 6.54 Å². The minimum atomic E-state index is -0.443. The zero-order chi connectivity index (χ0) is 12.6. The molecular weight excluding hydrogens is 221 g/mol. The van der Waals surface area contributed by atoms with Crippen molar-refractivity contribution in [3.63, 3.8) is 0 Å². The fourth-order valence-corrected chi connectivity index (χ4v) is 2.03. The summed E-state index contributed by atoms with van der Waals surface area (Å²) in [5.41, 5.74) is 6.30. The SMILES string of the molecule is CC1CN(C(C)c2ccc(N)c(F)c2)C(=O)N1. The highest BCUT2D eigenvalue weighted by Crippen LogP contribution is 2.25. The maximum absolute atomic E-state index is 13.4. The van der Waals surface area contributed by atoms with Gasteiger partial charge in [0.25, 0.3) is 0 Å². The minimum Gasteiger partial charge on any atom is -0.396 e. The summed E-state index contributed by atoms with van der Waals surface area (Å²) >= 11 is 0. The number of nitrogen functional groups attached to an aromatic ring is 1. The lowest BCUT2D eigenvalue weighted by Crippen LogP contribution is -2.30. The van der Waals surface area contributed by atoms with Gasteiger partial charge in [-0.1, -0.05) is 6.07 Å². The molecule has 1 aromatic carbocycles. The van der Waals surface area contributed by atoms with E-state index < -0.39 is 5.82 Å². The number of hydrogen-bond acceptors (Lipinski definition) is 2. The van der Waals surface area contributed by atoms with Gasteiger partial charge in [0.15, 0.2) is 0 Å². The number of hydrogen-bond donors (Lipinski definition) is 2. The molecule has 0 aromatic heterocycles. The van der Waals surface area contributed by atoms with Crippen LogP contribution >= 0.6 is 0 Å². The van der Waals surface area contributed by atoms with Crippen molar-refractivity contribution in [1.82, 2.24) is 10.2 Å². The maximum atomic E-state index is 13.4. The Morgan fingerprint density at radius 3 is 2.82 bits per heavy atom. The molecule has 92 valence electrons. The highest BCUT2D eigenvalue weighted by Gasteiger charge is 2.30. The molecule has 2 rings (SSSR count). The lowest BCUT2D eigenvalue weighted by atomic mass is 10.1. The Bertz CT molecular complexity index is 449. The molecule has 17 heavy (non-hydrogen) atoms. The molecule has 3 N–H and O–H groups in total. The highest BCUT2D eigenvalue weighted by molar-refractivity contribution is 5.77. The van der Waals surface area contributed by atoms with Gasteiger partial charge >= 0.3 is 6.03 Å². The van der Waals surface area contributed by atoms with Crippen molar-refractivity contribution >= 4 is 11.7 Å². The summed E-state index contributed by atoms with van der Waals surface area (Å²) in [5.74, 6) is -0.443. The monoisotopic (exact) mass is 237 g/mol. The van der Waals surface area contributed by atoms with Crippen molar-refractivity contribution in [2.75, 3.05) is 12.3 Å². The Labute approximate surface area is 99.6 Å². The number of benzene rings is 1. The number of anilines is 1. The second kappa shape index (κ2) is 4.24. The smallest absolute Gasteiger partial charge is 0.318 e. The van der Waals surface area contributed by atoms with Crippen molar-refractivity contribution in [2.24, 2.45) is 0 Å². The van der Waals surface area contributed by atoms with Crippen molar-refractivity contribution in [2.45, 2.75) is 25.9 Å². The van der Waals surface area contributed by atoms with E-state index in [1.54, 1.807) is 11.0 Å². The van der Waals surface area contributed by atoms with E-state index in [2.05, 4.69) is 5.32 Å². The number of nitrogens with one attached hydrogen (secondary N) is 1. The van der Waals surface area contributed by atoms with Gasteiger partial charge in [0.05, 0.1) is 11.7 Å². The van der Waals surface area contributed by atoms with Crippen LogP contribution in [0.4, 0.5) is 14.9 Å². The normalized spacial score (nSPS) is 21.5. The molecule has 2 atom stereocenters. The van der Waals surface area contributed by atoms with E-state index in [1.165, 1.54) is 12.1 Å². The average molecular weight is 237 g/mol. The second-order valence-corrected chi connectivity index (χ2v) is 4.46. The molecule has 1 aromatic rings.